The molecule has 0 aliphatic heterocycles. The first-order chi connectivity index (χ1) is 11.9. The normalized spacial score (nSPS) is 15.8. The van der Waals surface area contributed by atoms with E-state index in [2.05, 4.69) is 75.3 Å². The second-order valence-electron chi connectivity index (χ2n) is 7.31. The predicted octanol–water partition coefficient (Wildman–Crippen LogP) is 4.65. The summed E-state index contributed by atoms with van der Waals surface area (Å²) in [5.74, 6) is 0.145. The molecule has 2 rings (SSSR count). The molecular weight excluding hydrogens is 306 g/mol. The van der Waals surface area contributed by atoms with E-state index in [4.69, 9.17) is 0 Å². The fourth-order valence-electron chi connectivity index (χ4n) is 3.43. The number of benzene rings is 2. The number of hydrogen-bond donors (Lipinski definition) is 1. The molecule has 0 saturated heterocycles. The van der Waals surface area contributed by atoms with Gasteiger partial charge in [-0.25, -0.2) is 0 Å². The Labute approximate surface area is 152 Å². The standard InChI is InChI=1S/C23H31NO/c1-19(17-22-13-9-6-10-14-22)23(25,20(2)18-24(3)4)16-15-21-11-7-5-8-12-21/h5-14,17,20,25H,15-16,18H2,1-4H3/b19-17+. The quantitative estimate of drug-likeness (QED) is 0.758. The molecule has 2 atom stereocenters. The van der Waals surface area contributed by atoms with Crippen molar-refractivity contribution in [1.29, 1.82) is 0 Å². The van der Waals surface area contributed by atoms with Gasteiger partial charge in [0.1, 0.15) is 0 Å². The fourth-order valence-corrected chi connectivity index (χ4v) is 3.43. The van der Waals surface area contributed by atoms with Crippen molar-refractivity contribution in [3.63, 3.8) is 0 Å². The molecule has 134 valence electrons. The van der Waals surface area contributed by atoms with Crippen LogP contribution < -0.4 is 0 Å². The van der Waals surface area contributed by atoms with Crippen LogP contribution in [0.25, 0.3) is 6.08 Å². The highest BCUT2D eigenvalue weighted by molar-refractivity contribution is 5.54. The summed E-state index contributed by atoms with van der Waals surface area (Å²) in [6, 6.07) is 20.7. The van der Waals surface area contributed by atoms with Crippen LogP contribution >= 0.6 is 0 Å². The minimum absolute atomic E-state index is 0.145. The van der Waals surface area contributed by atoms with Crippen LogP contribution in [0, 0.1) is 5.92 Å². The van der Waals surface area contributed by atoms with Crippen molar-refractivity contribution in [1.82, 2.24) is 4.90 Å². The van der Waals surface area contributed by atoms with Gasteiger partial charge in [-0.05, 0) is 50.6 Å². The van der Waals surface area contributed by atoms with Crippen LogP contribution in [0.4, 0.5) is 0 Å². The van der Waals surface area contributed by atoms with Crippen molar-refractivity contribution in [3.05, 3.63) is 77.4 Å². The first-order valence-corrected chi connectivity index (χ1v) is 9.06. The Morgan fingerprint density at radius 2 is 1.60 bits per heavy atom. The Kier molecular flexibility index (Phi) is 6.98. The zero-order valence-corrected chi connectivity index (χ0v) is 15.9. The number of aliphatic hydroxyl groups is 1. The monoisotopic (exact) mass is 337 g/mol. The summed E-state index contributed by atoms with van der Waals surface area (Å²) in [7, 11) is 4.12. The summed E-state index contributed by atoms with van der Waals surface area (Å²) in [6.07, 6.45) is 3.72. The topological polar surface area (TPSA) is 23.5 Å². The highest BCUT2D eigenvalue weighted by Gasteiger charge is 2.35. The molecule has 0 bridgehead atoms. The average molecular weight is 338 g/mol. The Morgan fingerprint density at radius 1 is 1.04 bits per heavy atom. The van der Waals surface area contributed by atoms with Crippen LogP contribution in [0.5, 0.6) is 0 Å². The summed E-state index contributed by atoms with van der Waals surface area (Å²) >= 11 is 0. The summed E-state index contributed by atoms with van der Waals surface area (Å²) in [5, 5.41) is 11.6. The highest BCUT2D eigenvalue weighted by Crippen LogP contribution is 2.33. The Morgan fingerprint density at radius 3 is 2.16 bits per heavy atom. The second kappa shape index (κ2) is 8.98. The van der Waals surface area contributed by atoms with Gasteiger partial charge in [0.05, 0.1) is 5.60 Å². The van der Waals surface area contributed by atoms with Gasteiger partial charge in [-0.3, -0.25) is 0 Å². The van der Waals surface area contributed by atoms with Gasteiger partial charge in [0, 0.05) is 12.5 Å². The van der Waals surface area contributed by atoms with Crippen molar-refractivity contribution < 1.29 is 5.11 Å². The SMILES string of the molecule is C/C(=C\c1ccccc1)C(O)(CCc1ccccc1)C(C)CN(C)C. The highest BCUT2D eigenvalue weighted by atomic mass is 16.3. The lowest BCUT2D eigenvalue weighted by Gasteiger charge is -2.37. The van der Waals surface area contributed by atoms with E-state index in [1.807, 2.05) is 24.3 Å². The van der Waals surface area contributed by atoms with Gasteiger partial charge < -0.3 is 10.0 Å². The zero-order chi connectivity index (χ0) is 18.3. The maximum Gasteiger partial charge on any atom is 0.0898 e. The molecule has 0 saturated carbocycles. The van der Waals surface area contributed by atoms with Gasteiger partial charge in [-0.2, -0.15) is 0 Å². The summed E-state index contributed by atoms with van der Waals surface area (Å²) in [4.78, 5) is 2.15. The second-order valence-corrected chi connectivity index (χ2v) is 7.31. The van der Waals surface area contributed by atoms with E-state index in [1.165, 1.54) is 5.56 Å². The predicted molar refractivity (Wildman–Crippen MR) is 108 cm³/mol. The molecule has 2 heteroatoms. The average Bonchev–Trinajstić information content (AvgIpc) is 2.60. The Balaban J connectivity index is 2.25. The third-order valence-electron chi connectivity index (χ3n) is 4.96. The Bertz CT molecular complexity index is 663. The smallest absolute Gasteiger partial charge is 0.0898 e. The van der Waals surface area contributed by atoms with Crippen LogP contribution in [-0.2, 0) is 6.42 Å². The van der Waals surface area contributed by atoms with E-state index in [1.54, 1.807) is 0 Å². The molecule has 2 aromatic carbocycles. The molecule has 0 aromatic heterocycles. The van der Waals surface area contributed by atoms with E-state index < -0.39 is 5.60 Å². The minimum Gasteiger partial charge on any atom is -0.385 e. The number of rotatable bonds is 8. The van der Waals surface area contributed by atoms with Gasteiger partial charge in [-0.1, -0.05) is 73.7 Å². The van der Waals surface area contributed by atoms with Gasteiger partial charge in [-0.15, -0.1) is 0 Å². The van der Waals surface area contributed by atoms with Gasteiger partial charge in [0.15, 0.2) is 0 Å². The van der Waals surface area contributed by atoms with Crippen molar-refractivity contribution >= 4 is 6.08 Å². The number of nitrogens with zero attached hydrogens (tertiary/aromatic N) is 1. The van der Waals surface area contributed by atoms with E-state index in [-0.39, 0.29) is 5.92 Å². The van der Waals surface area contributed by atoms with Gasteiger partial charge >= 0.3 is 0 Å². The lowest BCUT2D eigenvalue weighted by Crippen LogP contribution is -2.43. The molecular formula is C23H31NO. The molecule has 0 aliphatic rings. The molecule has 2 nitrogen and oxygen atoms in total. The molecule has 0 aliphatic carbocycles. The van der Waals surface area contributed by atoms with E-state index in [9.17, 15) is 5.11 Å². The van der Waals surface area contributed by atoms with Crippen LogP contribution in [0.2, 0.25) is 0 Å². The minimum atomic E-state index is -0.823. The molecule has 0 heterocycles. The third kappa shape index (κ3) is 5.55. The van der Waals surface area contributed by atoms with Crippen molar-refractivity contribution in [2.24, 2.45) is 5.92 Å². The van der Waals surface area contributed by atoms with Gasteiger partial charge in [0.2, 0.25) is 0 Å². The third-order valence-corrected chi connectivity index (χ3v) is 4.96. The lowest BCUT2D eigenvalue weighted by atomic mass is 9.77. The maximum absolute atomic E-state index is 11.6. The first-order valence-electron chi connectivity index (χ1n) is 9.06. The molecule has 0 radical (unpaired) electrons. The molecule has 0 spiro atoms. The lowest BCUT2D eigenvalue weighted by molar-refractivity contribution is 0.00732. The fraction of sp³-hybridized carbons (Fsp3) is 0.391. The van der Waals surface area contributed by atoms with Crippen molar-refractivity contribution in [3.8, 4) is 0 Å². The molecule has 0 amide bonds. The maximum atomic E-state index is 11.6. The van der Waals surface area contributed by atoms with E-state index in [0.717, 1.165) is 30.5 Å². The number of hydrogen-bond acceptors (Lipinski definition) is 2. The van der Waals surface area contributed by atoms with Crippen LogP contribution in [0.3, 0.4) is 0 Å². The van der Waals surface area contributed by atoms with Crippen LogP contribution in [0.1, 0.15) is 31.4 Å². The van der Waals surface area contributed by atoms with Crippen molar-refractivity contribution in [2.75, 3.05) is 20.6 Å². The Hall–Kier alpha value is -1.90. The number of aryl methyl sites for hydroxylation is 1. The largest absolute Gasteiger partial charge is 0.385 e. The first kappa shape index (κ1) is 19.4. The van der Waals surface area contributed by atoms with E-state index >= 15 is 0 Å². The molecule has 0 fully saturated rings. The summed E-state index contributed by atoms with van der Waals surface area (Å²) in [5.41, 5.74) is 2.61. The van der Waals surface area contributed by atoms with Crippen LogP contribution in [-0.4, -0.2) is 36.2 Å². The molecule has 2 unspecified atom stereocenters. The summed E-state index contributed by atoms with van der Waals surface area (Å²) in [6.45, 7) is 5.06. The van der Waals surface area contributed by atoms with Crippen molar-refractivity contribution in [2.45, 2.75) is 32.3 Å². The van der Waals surface area contributed by atoms with Gasteiger partial charge in [0.25, 0.3) is 0 Å². The molecule has 1 N–H and O–H groups in total. The molecule has 2 aromatic rings. The van der Waals surface area contributed by atoms with E-state index in [0.29, 0.717) is 0 Å². The zero-order valence-electron chi connectivity index (χ0n) is 15.9. The van der Waals surface area contributed by atoms with Crippen LogP contribution in [0.15, 0.2) is 66.2 Å². The molecule has 25 heavy (non-hydrogen) atoms. The summed E-state index contributed by atoms with van der Waals surface area (Å²) < 4.78 is 0.